The Balaban J connectivity index is 1.57. The number of rotatable bonds is 6. The number of ether oxygens (including phenoxy) is 2. The highest BCUT2D eigenvalue weighted by molar-refractivity contribution is 7.86. The molecule has 7 nitrogen and oxygen atoms in total. The quantitative estimate of drug-likeness (QED) is 0.660. The first-order valence-corrected chi connectivity index (χ1v) is 11.2. The lowest BCUT2D eigenvalue weighted by Crippen LogP contribution is -2.49. The summed E-state index contributed by atoms with van der Waals surface area (Å²) < 4.78 is 54.3. The number of methoxy groups -OCH3 is 1. The van der Waals surface area contributed by atoms with E-state index in [0.717, 1.165) is 0 Å². The minimum atomic E-state index is -3.96. The summed E-state index contributed by atoms with van der Waals surface area (Å²) >= 11 is 0. The van der Waals surface area contributed by atoms with Gasteiger partial charge in [0, 0.05) is 6.04 Å². The molecule has 31 heavy (non-hydrogen) atoms. The summed E-state index contributed by atoms with van der Waals surface area (Å²) in [5.74, 6) is -0.365. The van der Waals surface area contributed by atoms with Crippen molar-refractivity contribution in [1.29, 1.82) is 0 Å². The maximum atomic E-state index is 13.9. The van der Waals surface area contributed by atoms with Crippen LogP contribution in [0.1, 0.15) is 33.6 Å². The number of hydrogen-bond donors (Lipinski definition) is 1. The molecule has 2 aromatic rings. The van der Waals surface area contributed by atoms with E-state index in [1.54, 1.807) is 39.0 Å². The Morgan fingerprint density at radius 3 is 2.23 bits per heavy atom. The fourth-order valence-corrected chi connectivity index (χ4v) is 4.23. The van der Waals surface area contributed by atoms with E-state index in [0.29, 0.717) is 24.0 Å². The minimum absolute atomic E-state index is 0.00813. The number of halogens is 1. The Hall–Kier alpha value is -2.65. The monoisotopic (exact) mass is 451 g/mol. The van der Waals surface area contributed by atoms with E-state index in [4.69, 9.17) is 13.7 Å². The van der Waals surface area contributed by atoms with Crippen LogP contribution in [0.3, 0.4) is 0 Å². The van der Waals surface area contributed by atoms with Gasteiger partial charge in [-0.15, -0.1) is 0 Å². The zero-order valence-corrected chi connectivity index (χ0v) is 18.7. The number of benzene rings is 2. The molecule has 1 N–H and O–H groups in total. The zero-order chi connectivity index (χ0) is 22.8. The van der Waals surface area contributed by atoms with Gasteiger partial charge in [-0.1, -0.05) is 18.2 Å². The molecule has 0 spiro atoms. The molecular formula is C22H26FNO6S. The van der Waals surface area contributed by atoms with Crippen LogP contribution in [0.25, 0.3) is 11.1 Å². The van der Waals surface area contributed by atoms with Crippen molar-refractivity contribution in [3.63, 3.8) is 0 Å². The third-order valence-electron chi connectivity index (χ3n) is 4.71. The van der Waals surface area contributed by atoms with E-state index >= 15 is 0 Å². The van der Waals surface area contributed by atoms with Crippen LogP contribution in [0.2, 0.25) is 0 Å². The molecule has 1 aliphatic carbocycles. The van der Waals surface area contributed by atoms with Gasteiger partial charge < -0.3 is 14.8 Å². The largest absolute Gasteiger partial charge is 0.494 e. The molecule has 0 heterocycles. The third-order valence-corrected chi connectivity index (χ3v) is 6.08. The molecule has 2 aromatic carbocycles. The summed E-state index contributed by atoms with van der Waals surface area (Å²) in [6, 6.07) is 10.3. The Bertz CT molecular complexity index is 1040. The highest BCUT2D eigenvalue weighted by atomic mass is 32.2. The Morgan fingerprint density at radius 1 is 1.06 bits per heavy atom. The van der Waals surface area contributed by atoms with Crippen molar-refractivity contribution in [3.05, 3.63) is 48.3 Å². The van der Waals surface area contributed by atoms with Gasteiger partial charge in [-0.3, -0.25) is 4.18 Å². The third kappa shape index (κ3) is 5.95. The topological polar surface area (TPSA) is 90.9 Å². The van der Waals surface area contributed by atoms with Crippen molar-refractivity contribution in [2.75, 3.05) is 7.11 Å². The van der Waals surface area contributed by atoms with Crippen LogP contribution in [0, 0.1) is 5.82 Å². The molecule has 0 bridgehead atoms. The fourth-order valence-electron chi connectivity index (χ4n) is 3.13. The average molecular weight is 452 g/mol. The number of amides is 1. The molecule has 1 saturated carbocycles. The average Bonchev–Trinajstić information content (AvgIpc) is 2.64. The van der Waals surface area contributed by atoms with E-state index in [-0.39, 0.29) is 16.7 Å². The van der Waals surface area contributed by atoms with Gasteiger partial charge in [0.15, 0.2) is 11.6 Å². The minimum Gasteiger partial charge on any atom is -0.494 e. The van der Waals surface area contributed by atoms with Crippen LogP contribution in [0.4, 0.5) is 9.18 Å². The highest BCUT2D eigenvalue weighted by Gasteiger charge is 2.36. The first-order valence-electron chi connectivity index (χ1n) is 9.83. The number of carbonyl (C=O) groups excluding carboxylic acids is 1. The van der Waals surface area contributed by atoms with E-state index < -0.39 is 33.7 Å². The molecular weight excluding hydrogens is 425 g/mol. The van der Waals surface area contributed by atoms with Crippen molar-refractivity contribution in [2.45, 2.75) is 56.3 Å². The molecule has 9 heteroatoms. The second kappa shape index (κ2) is 8.84. The van der Waals surface area contributed by atoms with Crippen LogP contribution < -0.4 is 10.1 Å². The predicted octanol–water partition coefficient (Wildman–Crippen LogP) is 4.26. The standard InChI is InChI=1S/C22H26FNO6S/c1-22(2,3)29-21(25)24-16-12-17(13-16)30-31(26,27)18-8-5-14(6-9-18)15-7-10-20(28-4)19(23)11-15/h5-11,16-17H,12-13H2,1-4H3,(H,24,25)/t16-,17+. The maximum Gasteiger partial charge on any atom is 0.407 e. The van der Waals surface area contributed by atoms with Gasteiger partial charge >= 0.3 is 6.09 Å². The van der Waals surface area contributed by atoms with E-state index in [9.17, 15) is 17.6 Å². The molecule has 0 unspecified atom stereocenters. The molecule has 1 fully saturated rings. The molecule has 0 aliphatic heterocycles. The van der Waals surface area contributed by atoms with Crippen molar-refractivity contribution in [1.82, 2.24) is 5.32 Å². The summed E-state index contributed by atoms with van der Waals surface area (Å²) in [5, 5.41) is 2.69. The van der Waals surface area contributed by atoms with Crippen molar-refractivity contribution in [3.8, 4) is 16.9 Å². The fraction of sp³-hybridized carbons (Fsp3) is 0.409. The normalized spacial score (nSPS) is 18.7. The van der Waals surface area contributed by atoms with Gasteiger partial charge in [0.25, 0.3) is 10.1 Å². The lowest BCUT2D eigenvalue weighted by molar-refractivity contribution is 0.0376. The summed E-state index contributed by atoms with van der Waals surface area (Å²) in [4.78, 5) is 11.8. The lowest BCUT2D eigenvalue weighted by atomic mass is 9.90. The summed E-state index contributed by atoms with van der Waals surface area (Å²) in [5.41, 5.74) is 0.653. The maximum absolute atomic E-state index is 13.9. The van der Waals surface area contributed by atoms with Gasteiger partial charge in [0.1, 0.15) is 5.60 Å². The van der Waals surface area contributed by atoms with Crippen LogP contribution in [-0.2, 0) is 19.0 Å². The van der Waals surface area contributed by atoms with E-state index in [1.165, 1.54) is 31.4 Å². The van der Waals surface area contributed by atoms with Crippen LogP contribution >= 0.6 is 0 Å². The molecule has 168 valence electrons. The Morgan fingerprint density at radius 2 is 1.68 bits per heavy atom. The molecule has 1 amide bonds. The van der Waals surface area contributed by atoms with Gasteiger partial charge in [-0.25, -0.2) is 9.18 Å². The highest BCUT2D eigenvalue weighted by Crippen LogP contribution is 2.30. The van der Waals surface area contributed by atoms with Crippen LogP contribution in [-0.4, -0.2) is 39.4 Å². The zero-order valence-electron chi connectivity index (χ0n) is 17.8. The number of carbonyl (C=O) groups is 1. The first kappa shape index (κ1) is 23.0. The summed E-state index contributed by atoms with van der Waals surface area (Å²) in [7, 11) is -2.57. The Labute approximate surface area is 181 Å². The summed E-state index contributed by atoms with van der Waals surface area (Å²) in [6.07, 6.45) is -0.298. The number of hydrogen-bond acceptors (Lipinski definition) is 6. The SMILES string of the molecule is COc1ccc(-c2ccc(S(=O)(=O)O[C@H]3C[C@@H](NC(=O)OC(C)(C)C)C3)cc2)cc1F. The van der Waals surface area contributed by atoms with Gasteiger partial charge in [-0.05, 0) is 69.0 Å². The first-order chi connectivity index (χ1) is 14.5. The molecule has 0 aromatic heterocycles. The van der Waals surface area contributed by atoms with Gasteiger partial charge in [0.2, 0.25) is 0 Å². The second-order valence-corrected chi connectivity index (χ2v) is 9.93. The van der Waals surface area contributed by atoms with Crippen LogP contribution in [0.5, 0.6) is 5.75 Å². The molecule has 0 radical (unpaired) electrons. The van der Waals surface area contributed by atoms with E-state index in [1.807, 2.05) is 0 Å². The van der Waals surface area contributed by atoms with Crippen molar-refractivity contribution < 1.29 is 31.3 Å². The van der Waals surface area contributed by atoms with Gasteiger partial charge in [0.05, 0.1) is 18.1 Å². The predicted molar refractivity (Wildman–Crippen MR) is 113 cm³/mol. The molecule has 0 atom stereocenters. The number of alkyl carbamates (subject to hydrolysis) is 1. The van der Waals surface area contributed by atoms with Crippen molar-refractivity contribution >= 4 is 16.2 Å². The number of nitrogens with one attached hydrogen (secondary N) is 1. The second-order valence-electron chi connectivity index (χ2n) is 8.36. The van der Waals surface area contributed by atoms with Crippen LogP contribution in [0.15, 0.2) is 47.4 Å². The summed E-state index contributed by atoms with van der Waals surface area (Å²) in [6.45, 7) is 5.30. The Kier molecular flexibility index (Phi) is 6.56. The molecule has 3 rings (SSSR count). The van der Waals surface area contributed by atoms with Gasteiger partial charge in [-0.2, -0.15) is 8.42 Å². The molecule has 1 aliphatic rings. The molecule has 0 saturated heterocycles. The van der Waals surface area contributed by atoms with E-state index in [2.05, 4.69) is 5.32 Å². The lowest BCUT2D eigenvalue weighted by Gasteiger charge is -2.35. The van der Waals surface area contributed by atoms with Crippen molar-refractivity contribution in [2.24, 2.45) is 0 Å². The smallest absolute Gasteiger partial charge is 0.407 e.